The van der Waals surface area contributed by atoms with Crippen LogP contribution in [0, 0.1) is 17.5 Å². The van der Waals surface area contributed by atoms with Gasteiger partial charge in [0.15, 0.2) is 11.6 Å². The highest BCUT2D eigenvalue weighted by Crippen LogP contribution is 2.21. The number of halogens is 4. The maximum absolute atomic E-state index is 14.1. The van der Waals surface area contributed by atoms with Crippen molar-refractivity contribution in [2.75, 3.05) is 5.43 Å². The first kappa shape index (κ1) is 19.7. The molecule has 2 aromatic carbocycles. The second kappa shape index (κ2) is 7.76. The van der Waals surface area contributed by atoms with Gasteiger partial charge in [0.2, 0.25) is 0 Å². The molecular weight excluding hydrogens is 369 g/mol. The lowest BCUT2D eigenvalue weighted by Crippen LogP contribution is -2.34. The van der Waals surface area contributed by atoms with E-state index >= 15 is 0 Å². The van der Waals surface area contributed by atoms with Gasteiger partial charge in [-0.25, -0.2) is 22.8 Å². The molecule has 0 fully saturated rings. The fourth-order valence-electron chi connectivity index (χ4n) is 2.46. The maximum Gasteiger partial charge on any atom is 0.283 e. The Kier molecular flexibility index (Phi) is 5.89. The molecule has 3 aromatic rings. The summed E-state index contributed by atoms with van der Waals surface area (Å²) in [6, 6.07) is 6.56. The number of aromatic nitrogens is 2. The zero-order valence-corrected chi connectivity index (χ0v) is 14.5. The molecule has 0 aliphatic carbocycles. The summed E-state index contributed by atoms with van der Waals surface area (Å²) in [6.45, 7) is 1.76. The zero-order valence-electron chi connectivity index (χ0n) is 13.7. The second-order valence-corrected chi connectivity index (χ2v) is 5.47. The SMILES string of the molecule is CC[C@H](N)c1nc2cccc(F)c2c(=O)n1Nc1c(F)cccc1F.Cl. The van der Waals surface area contributed by atoms with Crippen LogP contribution in [0.2, 0.25) is 0 Å². The summed E-state index contributed by atoms with van der Waals surface area (Å²) in [5, 5.41) is -0.293. The molecule has 0 bridgehead atoms. The van der Waals surface area contributed by atoms with Crippen molar-refractivity contribution in [1.29, 1.82) is 0 Å². The van der Waals surface area contributed by atoms with E-state index in [4.69, 9.17) is 5.73 Å². The predicted octanol–water partition coefficient (Wildman–Crippen LogP) is 3.52. The second-order valence-electron chi connectivity index (χ2n) is 5.47. The Morgan fingerprint density at radius 2 is 1.69 bits per heavy atom. The molecule has 1 aromatic heterocycles. The number of para-hydroxylation sites is 1. The third-order valence-corrected chi connectivity index (χ3v) is 3.83. The minimum atomic E-state index is -0.906. The van der Waals surface area contributed by atoms with Crippen molar-refractivity contribution in [2.24, 2.45) is 5.73 Å². The third-order valence-electron chi connectivity index (χ3n) is 3.83. The standard InChI is InChI=1S/C17H15F3N4O.ClH/c1-2-12(21)16-22-13-8-4-5-9(18)14(13)17(25)24(16)23-15-10(19)6-3-7-11(15)20;/h3-8,12,23H,2,21H2,1H3;1H/t12-;/m0./s1. The van der Waals surface area contributed by atoms with Crippen LogP contribution >= 0.6 is 12.4 Å². The van der Waals surface area contributed by atoms with Crippen LogP contribution < -0.4 is 16.7 Å². The molecule has 9 heteroatoms. The molecule has 138 valence electrons. The lowest BCUT2D eigenvalue weighted by atomic mass is 10.2. The number of nitrogens with two attached hydrogens (primary N) is 1. The van der Waals surface area contributed by atoms with Gasteiger partial charge in [-0.15, -0.1) is 12.4 Å². The summed E-state index contributed by atoms with van der Waals surface area (Å²) in [6.07, 6.45) is 0.411. The molecule has 3 rings (SSSR count). The number of fused-ring (bicyclic) bond motifs is 1. The lowest BCUT2D eigenvalue weighted by Gasteiger charge is -2.19. The van der Waals surface area contributed by atoms with Gasteiger partial charge < -0.3 is 5.73 Å². The van der Waals surface area contributed by atoms with Crippen molar-refractivity contribution >= 4 is 29.0 Å². The van der Waals surface area contributed by atoms with Crippen LogP contribution in [0.15, 0.2) is 41.2 Å². The molecule has 3 N–H and O–H groups in total. The quantitative estimate of drug-likeness (QED) is 0.722. The molecule has 0 aliphatic rings. The molecule has 0 amide bonds. The monoisotopic (exact) mass is 384 g/mol. The normalized spacial score (nSPS) is 11.9. The number of hydrogen-bond donors (Lipinski definition) is 2. The van der Waals surface area contributed by atoms with Crippen molar-refractivity contribution < 1.29 is 13.2 Å². The first-order chi connectivity index (χ1) is 11.9. The fourth-order valence-corrected chi connectivity index (χ4v) is 2.46. The summed E-state index contributed by atoms with van der Waals surface area (Å²) in [5.74, 6) is -2.54. The van der Waals surface area contributed by atoms with Crippen LogP contribution in [0.4, 0.5) is 18.9 Å². The predicted molar refractivity (Wildman–Crippen MR) is 95.8 cm³/mol. The summed E-state index contributed by atoms with van der Waals surface area (Å²) in [4.78, 5) is 17.0. The number of nitrogens with zero attached hydrogens (tertiary/aromatic N) is 2. The van der Waals surface area contributed by atoms with Gasteiger partial charge in [0.25, 0.3) is 5.56 Å². The third kappa shape index (κ3) is 3.38. The van der Waals surface area contributed by atoms with E-state index in [1.807, 2.05) is 0 Å². The number of rotatable bonds is 4. The Morgan fingerprint density at radius 3 is 2.31 bits per heavy atom. The van der Waals surface area contributed by atoms with Crippen LogP contribution in [0.1, 0.15) is 25.2 Å². The van der Waals surface area contributed by atoms with E-state index in [-0.39, 0.29) is 29.1 Å². The molecule has 0 unspecified atom stereocenters. The topological polar surface area (TPSA) is 72.9 Å². The Morgan fingerprint density at radius 1 is 1.12 bits per heavy atom. The summed E-state index contributed by atoms with van der Waals surface area (Å²) >= 11 is 0. The van der Waals surface area contributed by atoms with Crippen molar-refractivity contribution in [3.05, 3.63) is 70.0 Å². The highest BCUT2D eigenvalue weighted by molar-refractivity contribution is 5.85. The fraction of sp³-hybridized carbons (Fsp3) is 0.176. The Bertz CT molecular complexity index is 989. The van der Waals surface area contributed by atoms with Gasteiger partial charge in [-0.1, -0.05) is 19.1 Å². The van der Waals surface area contributed by atoms with E-state index in [0.717, 1.165) is 22.9 Å². The van der Waals surface area contributed by atoms with E-state index in [9.17, 15) is 18.0 Å². The highest BCUT2D eigenvalue weighted by atomic mass is 35.5. The number of benzene rings is 2. The van der Waals surface area contributed by atoms with Gasteiger partial charge in [0.1, 0.15) is 22.7 Å². The van der Waals surface area contributed by atoms with Gasteiger partial charge >= 0.3 is 0 Å². The van der Waals surface area contributed by atoms with E-state index in [0.29, 0.717) is 6.42 Å². The number of hydrogen-bond acceptors (Lipinski definition) is 4. The van der Waals surface area contributed by atoms with Crippen molar-refractivity contribution in [3.63, 3.8) is 0 Å². The van der Waals surface area contributed by atoms with Gasteiger partial charge in [-0.05, 0) is 30.7 Å². The average Bonchev–Trinajstić information content (AvgIpc) is 2.59. The highest BCUT2D eigenvalue weighted by Gasteiger charge is 2.20. The van der Waals surface area contributed by atoms with E-state index < -0.39 is 34.7 Å². The number of anilines is 1. The minimum Gasteiger partial charge on any atom is -0.321 e. The van der Waals surface area contributed by atoms with E-state index in [2.05, 4.69) is 10.4 Å². The lowest BCUT2D eigenvalue weighted by molar-refractivity contribution is 0.570. The Hall–Kier alpha value is -2.58. The zero-order chi connectivity index (χ0) is 18.1. The smallest absolute Gasteiger partial charge is 0.283 e. The molecule has 1 atom stereocenters. The van der Waals surface area contributed by atoms with Crippen LogP contribution in [-0.2, 0) is 0 Å². The summed E-state index contributed by atoms with van der Waals surface area (Å²) in [7, 11) is 0. The summed E-state index contributed by atoms with van der Waals surface area (Å²) < 4.78 is 42.7. The average molecular weight is 385 g/mol. The van der Waals surface area contributed by atoms with Crippen LogP contribution in [0.25, 0.3) is 10.9 Å². The molecule has 0 radical (unpaired) electrons. The molecular formula is C17H16ClF3N4O. The first-order valence-electron chi connectivity index (χ1n) is 7.61. The summed E-state index contributed by atoms with van der Waals surface area (Å²) in [5.41, 5.74) is 7.08. The van der Waals surface area contributed by atoms with Gasteiger partial charge in [-0.2, -0.15) is 0 Å². The van der Waals surface area contributed by atoms with Gasteiger partial charge in [0.05, 0.1) is 11.6 Å². The molecule has 0 saturated heterocycles. The molecule has 0 saturated carbocycles. The van der Waals surface area contributed by atoms with Crippen molar-refractivity contribution in [3.8, 4) is 0 Å². The molecule has 0 spiro atoms. The first-order valence-corrected chi connectivity index (χ1v) is 7.61. The minimum absolute atomic E-state index is 0. The Balaban J connectivity index is 0.00000243. The maximum atomic E-state index is 14.1. The molecule has 26 heavy (non-hydrogen) atoms. The van der Waals surface area contributed by atoms with Gasteiger partial charge in [-0.3, -0.25) is 10.2 Å². The van der Waals surface area contributed by atoms with Crippen LogP contribution in [0.3, 0.4) is 0 Å². The molecule has 5 nitrogen and oxygen atoms in total. The van der Waals surface area contributed by atoms with E-state index in [1.165, 1.54) is 18.2 Å². The largest absolute Gasteiger partial charge is 0.321 e. The van der Waals surface area contributed by atoms with Crippen LogP contribution in [0.5, 0.6) is 0 Å². The Labute approximate surface area is 153 Å². The molecule has 0 aliphatic heterocycles. The van der Waals surface area contributed by atoms with Crippen molar-refractivity contribution in [2.45, 2.75) is 19.4 Å². The van der Waals surface area contributed by atoms with E-state index in [1.54, 1.807) is 6.92 Å². The van der Waals surface area contributed by atoms with Crippen LogP contribution in [-0.4, -0.2) is 9.66 Å². The number of nitrogens with one attached hydrogen (secondary N) is 1. The van der Waals surface area contributed by atoms with Gasteiger partial charge in [0, 0.05) is 0 Å². The van der Waals surface area contributed by atoms with Crippen molar-refractivity contribution in [1.82, 2.24) is 9.66 Å². The molecule has 1 heterocycles.